The van der Waals surface area contributed by atoms with Crippen LogP contribution in [0.25, 0.3) is 0 Å². The molecule has 1 aliphatic carbocycles. The van der Waals surface area contributed by atoms with Gasteiger partial charge in [-0.15, -0.1) is 0 Å². The number of nitrogens with zero attached hydrogens (tertiary/aromatic N) is 1. The molecule has 8 nitrogen and oxygen atoms in total. The second-order valence-corrected chi connectivity index (χ2v) is 13.7. The predicted molar refractivity (Wildman–Crippen MR) is 187 cm³/mol. The number of hydrogen-bond acceptors (Lipinski definition) is 7. The summed E-state index contributed by atoms with van der Waals surface area (Å²) in [4.78, 5) is 30.0. The Hall–Kier alpha value is -4.08. The molecule has 0 aromatic heterocycles. The van der Waals surface area contributed by atoms with E-state index >= 15 is 0 Å². The molecule has 1 amide bonds. The van der Waals surface area contributed by atoms with Crippen LogP contribution in [0.5, 0.6) is 5.75 Å². The molecule has 0 saturated heterocycles. The topological polar surface area (TPSA) is 92.6 Å². The Morgan fingerprint density at radius 1 is 0.878 bits per heavy atom. The van der Waals surface area contributed by atoms with Crippen LogP contribution >= 0.6 is 0 Å². The number of rotatable bonds is 18. The van der Waals surface area contributed by atoms with Gasteiger partial charge in [0, 0.05) is 6.61 Å². The summed E-state index contributed by atoms with van der Waals surface area (Å²) >= 11 is 0. The fourth-order valence-corrected chi connectivity index (χ4v) is 5.47. The summed E-state index contributed by atoms with van der Waals surface area (Å²) in [6, 6.07) is 23.6. The largest absolute Gasteiger partial charge is 0.497 e. The number of carbonyl (C=O) groups is 2. The van der Waals surface area contributed by atoms with Crippen LogP contribution in [0.15, 0.2) is 83.9 Å². The number of ether oxygens (including phenoxy) is 5. The van der Waals surface area contributed by atoms with Gasteiger partial charge in [0.1, 0.15) is 29.5 Å². The maximum Gasteiger partial charge on any atom is 0.434 e. The molecule has 0 bridgehead atoms. The van der Waals surface area contributed by atoms with Crippen LogP contribution in [0, 0.1) is 17.7 Å². The Balaban J connectivity index is 1.51. The molecule has 49 heavy (non-hydrogen) atoms. The normalized spacial score (nSPS) is 15.3. The molecule has 4 rings (SSSR count). The first-order valence-corrected chi connectivity index (χ1v) is 17.1. The van der Waals surface area contributed by atoms with Crippen LogP contribution in [0.4, 0.5) is 9.18 Å². The first-order chi connectivity index (χ1) is 23.5. The number of esters is 1. The minimum absolute atomic E-state index is 0.00460. The summed E-state index contributed by atoms with van der Waals surface area (Å²) in [7, 11) is 1.64. The molecule has 3 aromatic carbocycles. The Kier molecular flexibility index (Phi) is 14.3. The molecule has 0 radical (unpaired) electrons. The molecular weight excluding hydrogens is 625 g/mol. The third-order valence-electron chi connectivity index (χ3n) is 8.29. The van der Waals surface area contributed by atoms with Crippen LogP contribution in [0.2, 0.25) is 0 Å². The van der Waals surface area contributed by atoms with Crippen molar-refractivity contribution in [3.8, 4) is 5.75 Å². The monoisotopic (exact) mass is 675 g/mol. The van der Waals surface area contributed by atoms with E-state index in [4.69, 9.17) is 23.7 Å². The van der Waals surface area contributed by atoms with Gasteiger partial charge in [0.05, 0.1) is 25.9 Å². The zero-order valence-electron chi connectivity index (χ0n) is 29.4. The molecule has 264 valence electrons. The van der Waals surface area contributed by atoms with E-state index in [-0.39, 0.29) is 42.7 Å². The van der Waals surface area contributed by atoms with Crippen molar-refractivity contribution in [2.24, 2.45) is 16.8 Å². The number of methoxy groups -OCH3 is 1. The number of halogens is 1. The SMILES string of the molecule is COc1ccc(CO[C@@H](C)[C@H](OCC2CC2)[C@H](CCCC(=NC(=O)OC(C)(C)C)C(=O)OCc2ccccc2)Cc2ccc(F)cc2)cc1. The lowest BCUT2D eigenvalue weighted by molar-refractivity contribution is -0.137. The van der Waals surface area contributed by atoms with E-state index in [0.29, 0.717) is 38.4 Å². The summed E-state index contributed by atoms with van der Waals surface area (Å²) in [5.74, 6) is 0.311. The number of hydrogen-bond donors (Lipinski definition) is 0. The fourth-order valence-electron chi connectivity index (χ4n) is 5.47. The van der Waals surface area contributed by atoms with E-state index in [0.717, 1.165) is 35.3 Å². The van der Waals surface area contributed by atoms with Crippen LogP contribution in [0.1, 0.15) is 76.5 Å². The molecule has 1 saturated carbocycles. The second kappa shape index (κ2) is 18.6. The summed E-state index contributed by atoms with van der Waals surface area (Å²) in [5, 5.41) is 0. The molecule has 1 fully saturated rings. The zero-order chi connectivity index (χ0) is 35.2. The quantitative estimate of drug-likeness (QED) is 0.0984. The highest BCUT2D eigenvalue weighted by Crippen LogP contribution is 2.32. The maximum absolute atomic E-state index is 13.8. The van der Waals surface area contributed by atoms with Crippen molar-refractivity contribution in [1.82, 2.24) is 0 Å². The van der Waals surface area contributed by atoms with E-state index in [9.17, 15) is 14.0 Å². The van der Waals surface area contributed by atoms with E-state index in [1.54, 1.807) is 40.0 Å². The number of amides is 1. The van der Waals surface area contributed by atoms with Crippen LogP contribution in [-0.2, 0) is 43.4 Å². The van der Waals surface area contributed by atoms with Gasteiger partial charge in [0.25, 0.3) is 0 Å². The summed E-state index contributed by atoms with van der Waals surface area (Å²) in [6.45, 7) is 8.35. The van der Waals surface area contributed by atoms with Crippen molar-refractivity contribution in [1.29, 1.82) is 0 Å². The molecule has 3 aromatic rings. The first-order valence-electron chi connectivity index (χ1n) is 17.1. The van der Waals surface area contributed by atoms with Gasteiger partial charge in [-0.05, 0) is 119 Å². The highest BCUT2D eigenvalue weighted by Gasteiger charge is 2.32. The highest BCUT2D eigenvalue weighted by atomic mass is 19.1. The summed E-state index contributed by atoms with van der Waals surface area (Å²) in [6.07, 6.45) is 2.86. The lowest BCUT2D eigenvalue weighted by Crippen LogP contribution is -2.38. The molecule has 0 N–H and O–H groups in total. The third-order valence-corrected chi connectivity index (χ3v) is 8.29. The standard InChI is InChI=1S/C40H50FNO7/c1-28(46-25-32-18-22-35(45-5)23-19-32)37(47-26-31-14-15-31)33(24-29-16-20-34(41)21-17-29)12-9-13-36(42-39(44)49-40(2,3)4)38(43)48-27-30-10-7-6-8-11-30/h6-8,10-11,16-23,28,31,33,37H,9,12-15,24-27H2,1-5H3/t28-,33+,37-/m0/s1. The van der Waals surface area contributed by atoms with E-state index in [1.165, 1.54) is 12.1 Å². The smallest absolute Gasteiger partial charge is 0.434 e. The van der Waals surface area contributed by atoms with Crippen molar-refractivity contribution in [2.75, 3.05) is 13.7 Å². The van der Waals surface area contributed by atoms with E-state index in [2.05, 4.69) is 4.99 Å². The minimum atomic E-state index is -0.840. The van der Waals surface area contributed by atoms with E-state index < -0.39 is 17.7 Å². The Morgan fingerprint density at radius 3 is 2.16 bits per heavy atom. The van der Waals surface area contributed by atoms with Gasteiger partial charge < -0.3 is 23.7 Å². The van der Waals surface area contributed by atoms with Crippen LogP contribution in [-0.4, -0.2) is 49.3 Å². The maximum atomic E-state index is 13.8. The van der Waals surface area contributed by atoms with Crippen LogP contribution < -0.4 is 4.74 Å². The minimum Gasteiger partial charge on any atom is -0.497 e. The predicted octanol–water partition coefficient (Wildman–Crippen LogP) is 8.68. The fraction of sp³-hybridized carbons (Fsp3) is 0.475. The van der Waals surface area contributed by atoms with Gasteiger partial charge in [-0.3, -0.25) is 0 Å². The Bertz CT molecular complexity index is 1480. The first kappa shape index (κ1) is 37.7. The lowest BCUT2D eigenvalue weighted by Gasteiger charge is -2.32. The molecule has 3 atom stereocenters. The van der Waals surface area contributed by atoms with Gasteiger partial charge in [-0.2, -0.15) is 4.99 Å². The van der Waals surface area contributed by atoms with Crippen molar-refractivity contribution in [3.63, 3.8) is 0 Å². The number of carbonyl (C=O) groups excluding carboxylic acids is 2. The van der Waals surface area contributed by atoms with Crippen molar-refractivity contribution in [3.05, 3.63) is 101 Å². The van der Waals surface area contributed by atoms with Crippen molar-refractivity contribution in [2.45, 2.75) is 97.2 Å². The second-order valence-electron chi connectivity index (χ2n) is 13.7. The van der Waals surface area contributed by atoms with Crippen molar-refractivity contribution >= 4 is 17.8 Å². The molecule has 9 heteroatoms. The van der Waals surface area contributed by atoms with Crippen LogP contribution in [0.3, 0.4) is 0 Å². The third kappa shape index (κ3) is 13.8. The highest BCUT2D eigenvalue weighted by molar-refractivity contribution is 6.37. The molecule has 0 unspecified atom stereocenters. The molecule has 0 spiro atoms. The summed E-state index contributed by atoms with van der Waals surface area (Å²) in [5.41, 5.74) is 2.05. The van der Waals surface area contributed by atoms with Gasteiger partial charge in [-0.25, -0.2) is 14.0 Å². The molecule has 1 aliphatic rings. The van der Waals surface area contributed by atoms with Gasteiger partial charge in [-0.1, -0.05) is 54.6 Å². The average Bonchev–Trinajstić information content (AvgIpc) is 3.91. The zero-order valence-corrected chi connectivity index (χ0v) is 29.4. The Morgan fingerprint density at radius 2 is 1.53 bits per heavy atom. The Labute approximate surface area is 290 Å². The number of aliphatic imine (C=N–C) groups is 1. The molecule has 0 aliphatic heterocycles. The molecule has 0 heterocycles. The van der Waals surface area contributed by atoms with Crippen molar-refractivity contribution < 1.29 is 37.7 Å². The van der Waals surface area contributed by atoms with Gasteiger partial charge in [0.2, 0.25) is 0 Å². The average molecular weight is 676 g/mol. The summed E-state index contributed by atoms with van der Waals surface area (Å²) < 4.78 is 43.1. The number of benzene rings is 3. The van der Waals surface area contributed by atoms with E-state index in [1.807, 2.05) is 61.5 Å². The van der Waals surface area contributed by atoms with Gasteiger partial charge >= 0.3 is 12.1 Å². The molecular formula is C40H50FNO7. The lowest BCUT2D eigenvalue weighted by atomic mass is 9.86. The van der Waals surface area contributed by atoms with Gasteiger partial charge in [0.15, 0.2) is 0 Å².